The minimum absolute atomic E-state index is 0.0234. The van der Waals surface area contributed by atoms with E-state index in [0.717, 1.165) is 25.8 Å². The molecule has 82 valence electrons. The highest BCUT2D eigenvalue weighted by atomic mass is 16.2. The van der Waals surface area contributed by atoms with E-state index in [2.05, 4.69) is 10.6 Å². The van der Waals surface area contributed by atoms with Gasteiger partial charge in [-0.1, -0.05) is 12.8 Å². The van der Waals surface area contributed by atoms with Crippen molar-refractivity contribution in [3.05, 3.63) is 0 Å². The second kappa shape index (κ2) is 6.79. The maximum absolute atomic E-state index is 11.6. The van der Waals surface area contributed by atoms with E-state index in [9.17, 15) is 4.79 Å². The summed E-state index contributed by atoms with van der Waals surface area (Å²) in [7, 11) is 0. The molecule has 4 heteroatoms. The lowest BCUT2D eigenvalue weighted by Crippen LogP contribution is -2.44. The Morgan fingerprint density at radius 3 is 3.07 bits per heavy atom. The van der Waals surface area contributed by atoms with Gasteiger partial charge in [-0.15, -0.1) is 0 Å². The Morgan fingerprint density at radius 1 is 1.43 bits per heavy atom. The van der Waals surface area contributed by atoms with Crippen LogP contribution in [0.1, 0.15) is 32.1 Å². The summed E-state index contributed by atoms with van der Waals surface area (Å²) in [6, 6.07) is 0.0234. The molecule has 1 fully saturated rings. The Hall–Kier alpha value is -0.610. The monoisotopic (exact) mass is 199 g/mol. The van der Waals surface area contributed by atoms with Crippen molar-refractivity contribution >= 4 is 5.91 Å². The van der Waals surface area contributed by atoms with Gasteiger partial charge < -0.3 is 16.4 Å². The number of nitrogens with one attached hydrogen (secondary N) is 2. The third kappa shape index (κ3) is 4.07. The Kier molecular flexibility index (Phi) is 5.56. The quantitative estimate of drug-likeness (QED) is 0.558. The molecular formula is C10H21N3O. The fourth-order valence-corrected chi connectivity index (χ4v) is 1.69. The van der Waals surface area contributed by atoms with Gasteiger partial charge in [-0.3, -0.25) is 4.79 Å². The van der Waals surface area contributed by atoms with E-state index < -0.39 is 0 Å². The topological polar surface area (TPSA) is 67.1 Å². The Morgan fingerprint density at radius 2 is 2.29 bits per heavy atom. The predicted molar refractivity (Wildman–Crippen MR) is 56.9 cm³/mol. The molecule has 14 heavy (non-hydrogen) atoms. The number of amides is 1. The number of hydrogen-bond donors (Lipinski definition) is 3. The van der Waals surface area contributed by atoms with Gasteiger partial charge in [0.15, 0.2) is 0 Å². The maximum Gasteiger partial charge on any atom is 0.237 e. The summed E-state index contributed by atoms with van der Waals surface area (Å²) >= 11 is 0. The van der Waals surface area contributed by atoms with Crippen molar-refractivity contribution in [1.29, 1.82) is 0 Å². The lowest BCUT2D eigenvalue weighted by Gasteiger charge is -2.15. The molecule has 0 aromatic rings. The van der Waals surface area contributed by atoms with Gasteiger partial charge in [0.1, 0.15) is 0 Å². The maximum atomic E-state index is 11.6. The van der Waals surface area contributed by atoms with Gasteiger partial charge in [0.25, 0.3) is 0 Å². The molecule has 1 saturated heterocycles. The third-order valence-electron chi connectivity index (χ3n) is 2.56. The van der Waals surface area contributed by atoms with Gasteiger partial charge in [-0.05, 0) is 32.4 Å². The Bertz CT molecular complexity index is 165. The minimum Gasteiger partial charge on any atom is -0.355 e. The van der Waals surface area contributed by atoms with Crippen LogP contribution in [0, 0.1) is 0 Å². The fraction of sp³-hybridized carbons (Fsp3) is 0.900. The van der Waals surface area contributed by atoms with Crippen LogP contribution in [0.4, 0.5) is 0 Å². The first kappa shape index (κ1) is 11.5. The van der Waals surface area contributed by atoms with Crippen molar-refractivity contribution in [3.63, 3.8) is 0 Å². The molecule has 0 aromatic carbocycles. The molecule has 1 amide bonds. The van der Waals surface area contributed by atoms with E-state index in [4.69, 9.17) is 5.73 Å². The van der Waals surface area contributed by atoms with E-state index in [-0.39, 0.29) is 11.9 Å². The van der Waals surface area contributed by atoms with Crippen molar-refractivity contribution in [2.24, 2.45) is 5.73 Å². The van der Waals surface area contributed by atoms with E-state index in [1.807, 2.05) is 0 Å². The van der Waals surface area contributed by atoms with Crippen LogP contribution in [0.5, 0.6) is 0 Å². The molecular weight excluding hydrogens is 178 g/mol. The second-order valence-corrected chi connectivity index (χ2v) is 3.79. The summed E-state index contributed by atoms with van der Waals surface area (Å²) in [5.41, 5.74) is 5.35. The van der Waals surface area contributed by atoms with Gasteiger partial charge in [0, 0.05) is 6.54 Å². The molecule has 0 bridgehead atoms. The molecule has 0 aromatic heterocycles. The standard InChI is InChI=1S/C10H21N3O/c11-6-4-8-13-10(14)9-5-2-1-3-7-12-9/h9,12H,1-8,11H2,(H,13,14). The van der Waals surface area contributed by atoms with E-state index in [1.54, 1.807) is 0 Å². The number of carbonyl (C=O) groups is 1. The summed E-state index contributed by atoms with van der Waals surface area (Å²) in [6.45, 7) is 2.31. The van der Waals surface area contributed by atoms with Crippen molar-refractivity contribution in [2.75, 3.05) is 19.6 Å². The summed E-state index contributed by atoms with van der Waals surface area (Å²) in [5, 5.41) is 6.16. The average Bonchev–Trinajstić information content (AvgIpc) is 2.46. The molecule has 1 unspecified atom stereocenters. The van der Waals surface area contributed by atoms with Gasteiger partial charge >= 0.3 is 0 Å². The summed E-state index contributed by atoms with van der Waals surface area (Å²) < 4.78 is 0. The molecule has 1 rings (SSSR count). The normalized spacial score (nSPS) is 22.8. The molecule has 0 spiro atoms. The molecule has 4 N–H and O–H groups in total. The van der Waals surface area contributed by atoms with Crippen LogP contribution >= 0.6 is 0 Å². The minimum atomic E-state index is 0.0234. The number of nitrogens with two attached hydrogens (primary N) is 1. The van der Waals surface area contributed by atoms with Crippen molar-refractivity contribution < 1.29 is 4.79 Å². The van der Waals surface area contributed by atoms with Gasteiger partial charge in [-0.2, -0.15) is 0 Å². The molecule has 0 saturated carbocycles. The van der Waals surface area contributed by atoms with Gasteiger partial charge in [-0.25, -0.2) is 0 Å². The SMILES string of the molecule is NCCCNC(=O)C1CCCCCN1. The molecule has 0 radical (unpaired) electrons. The molecule has 4 nitrogen and oxygen atoms in total. The first-order valence-corrected chi connectivity index (χ1v) is 5.56. The third-order valence-corrected chi connectivity index (χ3v) is 2.56. The van der Waals surface area contributed by atoms with Crippen LogP contribution in [-0.4, -0.2) is 31.6 Å². The van der Waals surface area contributed by atoms with Crippen LogP contribution in [0.3, 0.4) is 0 Å². The zero-order chi connectivity index (χ0) is 10.2. The first-order valence-electron chi connectivity index (χ1n) is 5.56. The van der Waals surface area contributed by atoms with E-state index in [0.29, 0.717) is 13.1 Å². The number of hydrogen-bond acceptors (Lipinski definition) is 3. The molecule has 1 heterocycles. The number of rotatable bonds is 4. The number of carbonyl (C=O) groups excluding carboxylic acids is 1. The van der Waals surface area contributed by atoms with Gasteiger partial charge in [0.05, 0.1) is 6.04 Å². The summed E-state index contributed by atoms with van der Waals surface area (Å²) in [4.78, 5) is 11.6. The van der Waals surface area contributed by atoms with Crippen LogP contribution in [0.15, 0.2) is 0 Å². The first-order chi connectivity index (χ1) is 6.84. The van der Waals surface area contributed by atoms with E-state index >= 15 is 0 Å². The van der Waals surface area contributed by atoms with Crippen LogP contribution in [0.25, 0.3) is 0 Å². The van der Waals surface area contributed by atoms with Crippen LogP contribution in [-0.2, 0) is 4.79 Å². The van der Waals surface area contributed by atoms with Gasteiger partial charge in [0.2, 0.25) is 5.91 Å². The molecule has 1 aliphatic rings. The van der Waals surface area contributed by atoms with Crippen molar-refractivity contribution in [1.82, 2.24) is 10.6 Å². The lowest BCUT2D eigenvalue weighted by molar-refractivity contribution is -0.123. The smallest absolute Gasteiger partial charge is 0.237 e. The van der Waals surface area contributed by atoms with Crippen LogP contribution < -0.4 is 16.4 Å². The fourth-order valence-electron chi connectivity index (χ4n) is 1.69. The largest absolute Gasteiger partial charge is 0.355 e. The second-order valence-electron chi connectivity index (χ2n) is 3.79. The highest BCUT2D eigenvalue weighted by Crippen LogP contribution is 2.08. The summed E-state index contributed by atoms with van der Waals surface area (Å²) in [6.07, 6.45) is 5.40. The average molecular weight is 199 g/mol. The van der Waals surface area contributed by atoms with E-state index in [1.165, 1.54) is 12.8 Å². The Labute approximate surface area is 85.6 Å². The summed E-state index contributed by atoms with van der Waals surface area (Å²) in [5.74, 6) is 0.139. The predicted octanol–water partition coefficient (Wildman–Crippen LogP) is -0.0164. The highest BCUT2D eigenvalue weighted by molar-refractivity contribution is 5.81. The van der Waals surface area contributed by atoms with Crippen LogP contribution in [0.2, 0.25) is 0 Å². The molecule has 1 atom stereocenters. The zero-order valence-electron chi connectivity index (χ0n) is 8.72. The van der Waals surface area contributed by atoms with Crippen molar-refractivity contribution in [2.45, 2.75) is 38.1 Å². The lowest BCUT2D eigenvalue weighted by atomic mass is 10.1. The highest BCUT2D eigenvalue weighted by Gasteiger charge is 2.18. The Balaban J connectivity index is 2.20. The molecule has 0 aliphatic carbocycles. The zero-order valence-corrected chi connectivity index (χ0v) is 8.72. The van der Waals surface area contributed by atoms with Crippen molar-refractivity contribution in [3.8, 4) is 0 Å². The molecule has 1 aliphatic heterocycles.